The molecular weight excluding hydrogens is 461 g/mol. The number of nitrogens with zero attached hydrogens (tertiary/aromatic N) is 4. The zero-order chi connectivity index (χ0) is 22.4. The van der Waals surface area contributed by atoms with Crippen LogP contribution in [0.4, 0.5) is 35.0 Å². The molecule has 1 heterocycles. The first kappa shape index (κ1) is 22.7. The Morgan fingerprint density at radius 2 is 1.68 bits per heavy atom. The second-order valence-electron chi connectivity index (χ2n) is 6.02. The predicted molar refractivity (Wildman–Crippen MR) is 108 cm³/mol. The van der Waals surface area contributed by atoms with Crippen molar-refractivity contribution < 1.29 is 22.3 Å². The molecule has 12 heteroatoms. The number of hydrogen-bond acceptors (Lipinski definition) is 6. The van der Waals surface area contributed by atoms with E-state index < -0.39 is 18.3 Å². The molecule has 1 N–H and O–H groups in total. The lowest BCUT2D eigenvalue weighted by atomic mass is 10.2. The van der Waals surface area contributed by atoms with Gasteiger partial charge in [-0.25, -0.2) is 0 Å². The van der Waals surface area contributed by atoms with E-state index in [1.807, 2.05) is 0 Å². The van der Waals surface area contributed by atoms with Crippen LogP contribution in [0.5, 0.6) is 5.75 Å². The summed E-state index contributed by atoms with van der Waals surface area (Å²) in [7, 11) is 0. The Balaban J connectivity index is 1.66. The smallest absolute Gasteiger partial charge is 0.428 e. The third kappa shape index (κ3) is 6.76. The monoisotopic (exact) mass is 473 g/mol. The molecule has 0 atom stereocenters. The van der Waals surface area contributed by atoms with Gasteiger partial charge in [-0.15, -0.1) is 5.11 Å². The van der Waals surface area contributed by atoms with E-state index in [9.17, 15) is 17.6 Å². The third-order valence-electron chi connectivity index (χ3n) is 3.64. The van der Waals surface area contributed by atoms with Crippen LogP contribution in [0, 0.1) is 0 Å². The van der Waals surface area contributed by atoms with Crippen molar-refractivity contribution >= 4 is 40.7 Å². The van der Waals surface area contributed by atoms with Crippen LogP contribution in [-0.2, 0) is 6.54 Å². The fourth-order valence-corrected chi connectivity index (χ4v) is 2.55. The summed E-state index contributed by atoms with van der Waals surface area (Å²) in [6.07, 6.45) is -8.53. The van der Waals surface area contributed by atoms with Gasteiger partial charge in [-0.05, 0) is 42.0 Å². The molecule has 6 nitrogen and oxygen atoms in total. The fraction of sp³-hybridized carbons (Fsp3) is 0.158. The number of ether oxygens (including phenoxy) is 1. The minimum Gasteiger partial charge on any atom is -0.428 e. The zero-order valence-corrected chi connectivity index (χ0v) is 17.0. The Labute approximate surface area is 183 Å². The topological polar surface area (TPSA) is 71.8 Å². The van der Waals surface area contributed by atoms with Crippen molar-refractivity contribution in [1.82, 2.24) is 9.97 Å². The van der Waals surface area contributed by atoms with E-state index >= 15 is 0 Å². The minimum atomic E-state index is -4.58. The van der Waals surface area contributed by atoms with Gasteiger partial charge in [0.2, 0.25) is 0 Å². The number of nitrogens with one attached hydrogen (secondary N) is 1. The average Bonchev–Trinajstić information content (AvgIpc) is 2.70. The lowest BCUT2D eigenvalue weighted by Gasteiger charge is -2.17. The zero-order valence-electron chi connectivity index (χ0n) is 15.4. The van der Waals surface area contributed by atoms with Crippen molar-refractivity contribution in [3.8, 4) is 5.75 Å². The highest BCUT2D eigenvalue weighted by molar-refractivity contribution is 6.30. The van der Waals surface area contributed by atoms with Gasteiger partial charge in [0.25, 0.3) is 5.95 Å². The van der Waals surface area contributed by atoms with E-state index in [-0.39, 0.29) is 23.5 Å². The molecule has 0 unspecified atom stereocenters. The van der Waals surface area contributed by atoms with Crippen molar-refractivity contribution in [3.63, 3.8) is 0 Å². The molecule has 1 aromatic heterocycles. The molecule has 3 aromatic rings. The number of alkyl halides is 4. The largest absolute Gasteiger partial charge is 0.461 e. The van der Waals surface area contributed by atoms with E-state index in [4.69, 9.17) is 23.2 Å². The lowest BCUT2D eigenvalue weighted by Crippen LogP contribution is -2.33. The fourth-order valence-electron chi connectivity index (χ4n) is 2.24. The van der Waals surface area contributed by atoms with Crippen molar-refractivity contribution in [2.75, 3.05) is 5.32 Å². The maximum atomic E-state index is 13.0. The summed E-state index contributed by atoms with van der Waals surface area (Å²) in [5, 5.41) is 11.5. The number of azo groups is 1. The van der Waals surface area contributed by atoms with Crippen LogP contribution in [-0.4, -0.2) is 22.5 Å². The van der Waals surface area contributed by atoms with E-state index in [0.717, 1.165) is 17.7 Å². The van der Waals surface area contributed by atoms with Crippen LogP contribution in [0.1, 0.15) is 5.56 Å². The number of halogens is 6. The molecule has 0 amide bonds. The Kier molecular flexibility index (Phi) is 7.24. The van der Waals surface area contributed by atoms with Gasteiger partial charge < -0.3 is 10.1 Å². The maximum Gasteiger partial charge on any atom is 0.461 e. The summed E-state index contributed by atoms with van der Waals surface area (Å²) in [6.45, 7) is 0.278. The molecule has 2 aromatic carbocycles. The molecule has 0 radical (unpaired) electrons. The van der Waals surface area contributed by atoms with E-state index in [2.05, 4.69) is 30.3 Å². The summed E-state index contributed by atoms with van der Waals surface area (Å²) in [4.78, 5) is 8.09. The average molecular weight is 474 g/mol. The van der Waals surface area contributed by atoms with Gasteiger partial charge >= 0.3 is 12.5 Å². The van der Waals surface area contributed by atoms with Crippen LogP contribution in [0.15, 0.2) is 64.8 Å². The normalized spacial score (nSPS) is 11.8. The van der Waals surface area contributed by atoms with E-state index in [1.54, 1.807) is 24.3 Å². The second kappa shape index (κ2) is 9.88. The molecule has 0 bridgehead atoms. The van der Waals surface area contributed by atoms with Crippen molar-refractivity contribution in [2.24, 2.45) is 10.2 Å². The Morgan fingerprint density at radius 1 is 1.00 bits per heavy atom. The van der Waals surface area contributed by atoms with Gasteiger partial charge in [0.1, 0.15) is 16.7 Å². The first-order valence-corrected chi connectivity index (χ1v) is 9.35. The number of anilines is 2. The Morgan fingerprint density at radius 3 is 2.32 bits per heavy atom. The van der Waals surface area contributed by atoms with E-state index in [0.29, 0.717) is 10.7 Å². The molecule has 0 saturated carbocycles. The lowest BCUT2D eigenvalue weighted by molar-refractivity contribution is -0.253. The molecule has 0 fully saturated rings. The standard InChI is InChI=1S/C19H13Cl2F4N5O/c20-12-3-1-11(2-4-12)10-26-30-18-28-15(21)9-16(29-18)27-13-5-7-14(8-6-13)31-19(24,25)17(22)23/h1-9,17H,10H2,(H,27,28,29). The van der Waals surface area contributed by atoms with Gasteiger partial charge in [-0.1, -0.05) is 35.3 Å². The van der Waals surface area contributed by atoms with Gasteiger partial charge in [0, 0.05) is 16.8 Å². The molecule has 0 saturated heterocycles. The number of aromatic nitrogens is 2. The van der Waals surface area contributed by atoms with Gasteiger partial charge in [-0.2, -0.15) is 32.6 Å². The Bertz CT molecular complexity index is 1050. The van der Waals surface area contributed by atoms with Crippen molar-refractivity contribution in [2.45, 2.75) is 19.1 Å². The quantitative estimate of drug-likeness (QED) is 0.216. The molecular formula is C19H13Cl2F4N5O. The first-order valence-electron chi connectivity index (χ1n) is 8.60. The summed E-state index contributed by atoms with van der Waals surface area (Å²) in [5.41, 5.74) is 1.29. The van der Waals surface area contributed by atoms with Gasteiger partial charge in [0.05, 0.1) is 6.54 Å². The van der Waals surface area contributed by atoms with Crippen molar-refractivity contribution in [1.29, 1.82) is 0 Å². The number of hydrogen-bond donors (Lipinski definition) is 1. The Hall–Kier alpha value is -2.98. The minimum absolute atomic E-state index is 0.000456. The maximum absolute atomic E-state index is 13.0. The highest BCUT2D eigenvalue weighted by Crippen LogP contribution is 2.29. The highest BCUT2D eigenvalue weighted by Gasteiger charge is 2.43. The summed E-state index contributed by atoms with van der Waals surface area (Å²) >= 11 is 11.8. The molecule has 3 rings (SSSR count). The molecule has 31 heavy (non-hydrogen) atoms. The highest BCUT2D eigenvalue weighted by atomic mass is 35.5. The first-order chi connectivity index (χ1) is 14.7. The number of rotatable bonds is 8. The van der Waals surface area contributed by atoms with Gasteiger partial charge in [0.15, 0.2) is 0 Å². The SMILES string of the molecule is FC(F)C(F)(F)Oc1ccc(Nc2cc(Cl)nc(N=NCc3ccc(Cl)cc3)n2)cc1. The molecule has 0 spiro atoms. The molecule has 0 aliphatic carbocycles. The predicted octanol–water partition coefficient (Wildman–Crippen LogP) is 7.05. The van der Waals surface area contributed by atoms with Crippen LogP contribution >= 0.6 is 23.2 Å². The van der Waals surface area contributed by atoms with Crippen LogP contribution in [0.25, 0.3) is 0 Å². The van der Waals surface area contributed by atoms with Crippen LogP contribution in [0.2, 0.25) is 10.2 Å². The summed E-state index contributed by atoms with van der Waals surface area (Å²) in [5.74, 6) is -0.166. The molecule has 0 aliphatic rings. The summed E-state index contributed by atoms with van der Waals surface area (Å²) < 4.78 is 54.3. The van der Waals surface area contributed by atoms with Crippen LogP contribution < -0.4 is 10.1 Å². The van der Waals surface area contributed by atoms with Gasteiger partial charge in [-0.3, -0.25) is 0 Å². The second-order valence-corrected chi connectivity index (χ2v) is 6.84. The van der Waals surface area contributed by atoms with E-state index in [1.165, 1.54) is 18.2 Å². The number of benzene rings is 2. The molecule has 0 aliphatic heterocycles. The van der Waals surface area contributed by atoms with Crippen molar-refractivity contribution in [3.05, 3.63) is 70.3 Å². The van der Waals surface area contributed by atoms with Crippen LogP contribution in [0.3, 0.4) is 0 Å². The summed E-state index contributed by atoms with van der Waals surface area (Å²) in [6, 6.07) is 13.4. The molecule has 162 valence electrons. The third-order valence-corrected chi connectivity index (χ3v) is 4.09.